The molecule has 0 radical (unpaired) electrons. The molecule has 0 saturated heterocycles. The van der Waals surface area contributed by atoms with Gasteiger partial charge in [-0.1, -0.05) is 38.8 Å². The Morgan fingerprint density at radius 1 is 0.510 bits per heavy atom. The molecule has 51 heavy (non-hydrogen) atoms. The molecule has 2 aliphatic rings. The summed E-state index contributed by atoms with van der Waals surface area (Å²) in [6.07, 6.45) is -9.89. The molecule has 264 valence electrons. The second-order valence-electron chi connectivity index (χ2n) is 12.4. The Labute approximate surface area is 287 Å². The minimum Gasteiger partial charge on any atom is -0.399 e. The SMILES string of the molecule is CCCc1cc(N2C(=O)c3ccc(C(c4ccc5c(c4)C(=O)N(c4ccc(N)c(CCC)c4)C5=O)(C(F)(F)F)C(F)(F)F)cc3C2=O)ccc1N. The van der Waals surface area contributed by atoms with Crippen LogP contribution < -0.4 is 21.3 Å². The number of carbonyl (C=O) groups excluding carboxylic acids is 4. The van der Waals surface area contributed by atoms with E-state index in [1.807, 2.05) is 13.8 Å². The number of amides is 4. The molecule has 0 spiro atoms. The Bertz CT molecular complexity index is 1990. The van der Waals surface area contributed by atoms with Crippen molar-refractivity contribution >= 4 is 46.4 Å². The summed E-state index contributed by atoms with van der Waals surface area (Å²) in [5.74, 6) is -4.13. The van der Waals surface area contributed by atoms with Crippen molar-refractivity contribution in [2.45, 2.75) is 57.3 Å². The van der Waals surface area contributed by atoms with Crippen molar-refractivity contribution in [2.75, 3.05) is 21.3 Å². The number of hydrogen-bond acceptors (Lipinski definition) is 6. The molecule has 4 N–H and O–H groups in total. The fraction of sp³-hybridized carbons (Fsp3) is 0.243. The van der Waals surface area contributed by atoms with Crippen molar-refractivity contribution in [3.63, 3.8) is 0 Å². The highest BCUT2D eigenvalue weighted by atomic mass is 19.4. The summed E-state index contributed by atoms with van der Waals surface area (Å²) in [6, 6.07) is 11.9. The van der Waals surface area contributed by atoms with E-state index in [-0.39, 0.29) is 11.4 Å². The Balaban J connectivity index is 1.48. The summed E-state index contributed by atoms with van der Waals surface area (Å²) in [4.78, 5) is 55.2. The van der Waals surface area contributed by atoms with Crippen molar-refractivity contribution in [3.05, 3.63) is 117 Å². The highest BCUT2D eigenvalue weighted by Gasteiger charge is 2.73. The fourth-order valence-corrected chi connectivity index (χ4v) is 6.83. The minimum atomic E-state index is -6.09. The van der Waals surface area contributed by atoms with Gasteiger partial charge < -0.3 is 11.5 Å². The van der Waals surface area contributed by atoms with E-state index in [1.165, 1.54) is 36.4 Å². The van der Waals surface area contributed by atoms with E-state index in [2.05, 4.69) is 0 Å². The van der Waals surface area contributed by atoms with Gasteiger partial charge in [-0.05, 0) is 95.8 Å². The van der Waals surface area contributed by atoms with E-state index >= 15 is 26.3 Å². The highest BCUT2D eigenvalue weighted by Crippen LogP contribution is 2.57. The Morgan fingerprint density at radius 2 is 0.863 bits per heavy atom. The number of alkyl halides is 6. The average Bonchev–Trinajstić information content (AvgIpc) is 3.45. The number of benzene rings is 4. The van der Waals surface area contributed by atoms with Gasteiger partial charge in [-0.15, -0.1) is 0 Å². The first-order chi connectivity index (χ1) is 24.0. The third-order valence-corrected chi connectivity index (χ3v) is 9.30. The molecule has 0 aliphatic carbocycles. The fourth-order valence-electron chi connectivity index (χ4n) is 6.83. The summed E-state index contributed by atoms with van der Waals surface area (Å²) < 4.78 is 91.3. The molecular weight excluding hydrogens is 678 g/mol. The van der Waals surface area contributed by atoms with Crippen molar-refractivity contribution in [1.82, 2.24) is 0 Å². The number of aryl methyl sites for hydroxylation is 2. The molecule has 4 amide bonds. The zero-order valence-electron chi connectivity index (χ0n) is 27.2. The largest absolute Gasteiger partial charge is 0.411 e. The van der Waals surface area contributed by atoms with Gasteiger partial charge in [-0.25, -0.2) is 9.80 Å². The molecule has 0 unspecified atom stereocenters. The molecule has 0 bridgehead atoms. The lowest BCUT2D eigenvalue weighted by atomic mass is 9.71. The monoisotopic (exact) mass is 708 g/mol. The topological polar surface area (TPSA) is 127 Å². The molecule has 2 heterocycles. The van der Waals surface area contributed by atoms with E-state index in [9.17, 15) is 19.2 Å². The van der Waals surface area contributed by atoms with Gasteiger partial charge in [0.15, 0.2) is 0 Å². The van der Waals surface area contributed by atoms with Crippen molar-refractivity contribution in [1.29, 1.82) is 0 Å². The van der Waals surface area contributed by atoms with Crippen LogP contribution in [0.15, 0.2) is 72.8 Å². The Hall–Kier alpha value is -5.66. The number of rotatable bonds is 8. The van der Waals surface area contributed by atoms with Gasteiger partial charge in [0, 0.05) is 11.4 Å². The van der Waals surface area contributed by atoms with E-state index in [0.717, 1.165) is 12.1 Å². The summed E-state index contributed by atoms with van der Waals surface area (Å²) in [7, 11) is 0. The lowest BCUT2D eigenvalue weighted by Crippen LogP contribution is -2.55. The maximum absolute atomic E-state index is 15.2. The van der Waals surface area contributed by atoms with E-state index in [0.29, 0.717) is 82.3 Å². The van der Waals surface area contributed by atoms with Crippen molar-refractivity contribution < 1.29 is 45.5 Å². The van der Waals surface area contributed by atoms with Crippen LogP contribution in [0.1, 0.15) is 90.4 Å². The van der Waals surface area contributed by atoms with E-state index in [1.54, 1.807) is 0 Å². The first kappa shape index (κ1) is 35.2. The summed E-state index contributed by atoms with van der Waals surface area (Å²) in [6.45, 7) is 3.74. The highest BCUT2D eigenvalue weighted by molar-refractivity contribution is 6.35. The molecule has 4 aromatic rings. The van der Waals surface area contributed by atoms with Crippen LogP contribution >= 0.6 is 0 Å². The zero-order chi connectivity index (χ0) is 37.2. The number of anilines is 4. The van der Waals surface area contributed by atoms with Crippen molar-refractivity contribution in [2.24, 2.45) is 0 Å². The molecule has 14 heteroatoms. The second kappa shape index (κ2) is 12.3. The predicted octanol–water partition coefficient (Wildman–Crippen LogP) is 7.77. The van der Waals surface area contributed by atoms with Gasteiger partial charge in [-0.2, -0.15) is 26.3 Å². The third kappa shape index (κ3) is 5.31. The van der Waals surface area contributed by atoms with Gasteiger partial charge in [-0.3, -0.25) is 19.2 Å². The average molecular weight is 709 g/mol. The van der Waals surface area contributed by atoms with Crippen LogP contribution in [0.25, 0.3) is 0 Å². The van der Waals surface area contributed by atoms with Crippen LogP contribution in [0, 0.1) is 0 Å². The number of imide groups is 2. The number of halogens is 6. The number of hydrogen-bond donors (Lipinski definition) is 2. The van der Waals surface area contributed by atoms with Crippen LogP contribution in [-0.2, 0) is 18.3 Å². The molecule has 0 fully saturated rings. The molecule has 8 nitrogen and oxygen atoms in total. The molecule has 6 rings (SSSR count). The lowest BCUT2D eigenvalue weighted by Gasteiger charge is -2.38. The zero-order valence-corrected chi connectivity index (χ0v) is 27.2. The number of carbonyl (C=O) groups is 4. The van der Waals surface area contributed by atoms with Gasteiger partial charge >= 0.3 is 12.4 Å². The summed E-state index contributed by atoms with van der Waals surface area (Å²) >= 11 is 0. The van der Waals surface area contributed by atoms with Crippen LogP contribution in [0.4, 0.5) is 49.1 Å². The molecule has 0 saturated carbocycles. The third-order valence-electron chi connectivity index (χ3n) is 9.30. The van der Waals surface area contributed by atoms with E-state index < -0.39 is 74.8 Å². The number of nitrogen functional groups attached to an aromatic ring is 2. The lowest BCUT2D eigenvalue weighted by molar-refractivity contribution is -0.288. The van der Waals surface area contributed by atoms with Crippen LogP contribution in [0.2, 0.25) is 0 Å². The van der Waals surface area contributed by atoms with Gasteiger partial charge in [0.05, 0.1) is 33.6 Å². The molecule has 0 aromatic heterocycles. The molecule has 2 aliphatic heterocycles. The Morgan fingerprint density at radius 3 is 1.20 bits per heavy atom. The van der Waals surface area contributed by atoms with Gasteiger partial charge in [0.2, 0.25) is 5.41 Å². The van der Waals surface area contributed by atoms with Crippen LogP contribution in [0.5, 0.6) is 0 Å². The van der Waals surface area contributed by atoms with E-state index in [4.69, 9.17) is 11.5 Å². The predicted molar refractivity (Wildman–Crippen MR) is 178 cm³/mol. The maximum Gasteiger partial charge on any atom is 0.411 e. The smallest absolute Gasteiger partial charge is 0.399 e. The first-order valence-electron chi connectivity index (χ1n) is 15.9. The van der Waals surface area contributed by atoms with Crippen LogP contribution in [0.3, 0.4) is 0 Å². The Kier molecular flexibility index (Phi) is 8.47. The van der Waals surface area contributed by atoms with Gasteiger partial charge in [0.1, 0.15) is 0 Å². The number of nitrogens with two attached hydrogens (primary N) is 2. The molecule has 0 atom stereocenters. The van der Waals surface area contributed by atoms with Gasteiger partial charge in [0.25, 0.3) is 23.6 Å². The number of nitrogens with zero attached hydrogens (tertiary/aromatic N) is 2. The van der Waals surface area contributed by atoms with Crippen LogP contribution in [-0.4, -0.2) is 36.0 Å². The standard InChI is InChI=1S/C37H30F6N4O4/c1-3-5-19-15-23(9-13-29(19)44)46-31(48)25-11-7-21(17-27(25)33(46)50)35(36(38,39)40,37(41,42)43)22-8-12-26-28(18-22)34(51)47(32(26)49)24-10-14-30(45)20(16-24)6-4-2/h7-18H,3-6,44-45H2,1-2H3. The quantitative estimate of drug-likeness (QED) is 0.109. The minimum absolute atomic E-state index is 0.0487. The summed E-state index contributed by atoms with van der Waals surface area (Å²) in [5.41, 5.74) is 4.29. The summed E-state index contributed by atoms with van der Waals surface area (Å²) in [5, 5.41) is 0. The number of fused-ring (bicyclic) bond motifs is 2. The normalized spacial score (nSPS) is 14.8. The first-order valence-corrected chi connectivity index (χ1v) is 15.9. The molecule has 4 aromatic carbocycles. The van der Waals surface area contributed by atoms with Crippen molar-refractivity contribution in [3.8, 4) is 0 Å². The maximum atomic E-state index is 15.2. The second-order valence-corrected chi connectivity index (χ2v) is 12.4. The molecular formula is C37H30F6N4O4.